The molecule has 0 atom stereocenters. The highest BCUT2D eigenvalue weighted by atomic mass is 16.3. The number of nitrogens with zero attached hydrogens (tertiary/aromatic N) is 6. The Morgan fingerprint density at radius 3 is 1.00 bits per heavy atom. The molecule has 6 aromatic carbocycles. The van der Waals surface area contributed by atoms with Crippen LogP contribution in [0.4, 0.5) is 0 Å². The normalized spacial score (nSPS) is 15.9. The molecule has 0 N–H and O–H groups in total. The SMILES string of the molecule is N#Cc1cc2c(c3c1CCC3)c1cc3c4cc5c6c7c(c(C#N)cc6n6c8cc(C#N)c9c(c8c(c4oc3c3c4c8c(c(C#N)cc4n2c13)CCC8)c56)CCC9)CCC7. The van der Waals surface area contributed by atoms with E-state index in [9.17, 15) is 21.0 Å². The quantitative estimate of drug-likeness (QED) is 0.153. The average molecular weight is 755 g/mol. The van der Waals surface area contributed by atoms with Crippen molar-refractivity contribution < 1.29 is 4.42 Å². The maximum Gasteiger partial charge on any atom is 0.145 e. The molecule has 5 heterocycles. The zero-order valence-electron chi connectivity index (χ0n) is 32.0. The van der Waals surface area contributed by atoms with Gasteiger partial charge in [0, 0.05) is 43.1 Å². The molecule has 4 aliphatic rings. The lowest BCUT2D eigenvalue weighted by Gasteiger charge is -2.09. The van der Waals surface area contributed by atoms with E-state index in [0.717, 1.165) is 176 Å². The largest absolute Gasteiger partial charge is 0.455 e. The number of hydrogen-bond donors (Lipinski definition) is 0. The van der Waals surface area contributed by atoms with Crippen molar-refractivity contribution in [2.45, 2.75) is 77.0 Å². The highest BCUT2D eigenvalue weighted by Gasteiger charge is 2.34. The summed E-state index contributed by atoms with van der Waals surface area (Å²) in [5.74, 6) is 0. The Morgan fingerprint density at radius 2 is 0.661 bits per heavy atom. The van der Waals surface area contributed by atoms with E-state index in [4.69, 9.17) is 4.42 Å². The van der Waals surface area contributed by atoms with Crippen molar-refractivity contribution in [3.8, 4) is 24.3 Å². The number of nitriles is 4. The first-order valence-corrected chi connectivity index (χ1v) is 21.2. The van der Waals surface area contributed by atoms with Crippen molar-refractivity contribution in [1.82, 2.24) is 8.80 Å². The van der Waals surface area contributed by atoms with E-state index >= 15 is 0 Å². The molecule has 15 rings (SSSR count). The van der Waals surface area contributed by atoms with Crippen LogP contribution in [0.15, 0.2) is 40.8 Å². The van der Waals surface area contributed by atoms with Gasteiger partial charge in [-0.1, -0.05) is 0 Å². The Morgan fingerprint density at radius 1 is 0.356 bits per heavy atom. The smallest absolute Gasteiger partial charge is 0.145 e. The lowest BCUT2D eigenvalue weighted by molar-refractivity contribution is 0.677. The number of rotatable bonds is 0. The van der Waals surface area contributed by atoms with E-state index in [1.807, 2.05) is 0 Å². The second-order valence-corrected chi connectivity index (χ2v) is 17.8. The summed E-state index contributed by atoms with van der Waals surface area (Å²) >= 11 is 0. The van der Waals surface area contributed by atoms with Crippen LogP contribution < -0.4 is 0 Å². The summed E-state index contributed by atoms with van der Waals surface area (Å²) in [5, 5.41) is 53.5. The van der Waals surface area contributed by atoms with Gasteiger partial charge >= 0.3 is 0 Å². The monoisotopic (exact) mass is 754 g/mol. The highest BCUT2D eigenvalue weighted by Crippen LogP contribution is 2.54. The minimum atomic E-state index is 0.749. The van der Waals surface area contributed by atoms with Crippen LogP contribution in [-0.4, -0.2) is 8.80 Å². The maximum atomic E-state index is 10.5. The molecule has 5 aromatic heterocycles. The van der Waals surface area contributed by atoms with E-state index < -0.39 is 0 Å². The summed E-state index contributed by atoms with van der Waals surface area (Å²) in [7, 11) is 0. The number of fused-ring (bicyclic) bond motifs is 25. The van der Waals surface area contributed by atoms with Crippen molar-refractivity contribution in [2.24, 2.45) is 0 Å². The molecule has 0 spiro atoms. The van der Waals surface area contributed by atoms with Crippen LogP contribution in [0.2, 0.25) is 0 Å². The Kier molecular flexibility index (Phi) is 5.23. The van der Waals surface area contributed by atoms with Gasteiger partial charge in [-0.3, -0.25) is 0 Å². The van der Waals surface area contributed by atoms with E-state index in [1.54, 1.807) is 0 Å². The lowest BCUT2D eigenvalue weighted by atomic mass is 9.93. The Labute approximate surface area is 335 Å². The standard InChI is InChI=1S/C52H30N6O/c53-19-23-13-39-43(31-9-1-5-27(23)31)37-17-35-36-18-38-44-32-10-2-6-28(32)24(20-54)14-40(44)58-42-16-26(22-56)30-8-4-12-34(30)46(42)48(50(38)58)52(36)59-51(35)47-45-33-11-3-7-29(33)25(21-55)15-41(45)57(39)49(37)47/h13-18H,1-12H2. The van der Waals surface area contributed by atoms with Crippen LogP contribution in [0.3, 0.4) is 0 Å². The van der Waals surface area contributed by atoms with Crippen LogP contribution in [0.1, 0.15) is 92.4 Å². The third kappa shape index (κ3) is 3.23. The topological polar surface area (TPSA) is 117 Å². The van der Waals surface area contributed by atoms with Crippen molar-refractivity contribution in [1.29, 1.82) is 21.0 Å². The zero-order chi connectivity index (χ0) is 38.7. The Hall–Kier alpha value is -7.32. The van der Waals surface area contributed by atoms with Crippen molar-refractivity contribution in [3.63, 3.8) is 0 Å². The number of aryl methyl sites for hydroxylation is 4. The van der Waals surface area contributed by atoms with Crippen LogP contribution in [0, 0.1) is 45.3 Å². The van der Waals surface area contributed by atoms with Gasteiger partial charge in [-0.2, -0.15) is 21.0 Å². The van der Waals surface area contributed by atoms with E-state index in [1.165, 1.54) is 65.7 Å². The fraction of sp³-hybridized carbons (Fsp3) is 0.231. The Bertz CT molecular complexity index is 3850. The first-order chi connectivity index (χ1) is 29.1. The molecule has 7 heteroatoms. The average Bonchev–Trinajstić information content (AvgIpc) is 4.11. The predicted molar refractivity (Wildman–Crippen MR) is 230 cm³/mol. The van der Waals surface area contributed by atoms with Gasteiger partial charge in [-0.25, -0.2) is 0 Å². The Balaban J connectivity index is 1.24. The lowest BCUT2D eigenvalue weighted by Crippen LogP contribution is -1.94. The maximum absolute atomic E-state index is 10.5. The molecule has 0 amide bonds. The van der Waals surface area contributed by atoms with Crippen LogP contribution in [0.25, 0.3) is 98.1 Å². The van der Waals surface area contributed by atoms with Gasteiger partial charge < -0.3 is 13.2 Å². The summed E-state index contributed by atoms with van der Waals surface area (Å²) < 4.78 is 12.3. The predicted octanol–water partition coefficient (Wildman–Crippen LogP) is 11.3. The minimum absolute atomic E-state index is 0.749. The molecule has 11 aromatic rings. The molecule has 0 bridgehead atoms. The third-order valence-corrected chi connectivity index (χ3v) is 15.5. The van der Waals surface area contributed by atoms with Crippen molar-refractivity contribution >= 4 is 98.1 Å². The fourth-order valence-electron chi connectivity index (χ4n) is 13.4. The molecule has 0 aliphatic heterocycles. The molecule has 0 saturated carbocycles. The first-order valence-electron chi connectivity index (χ1n) is 21.2. The van der Waals surface area contributed by atoms with Gasteiger partial charge in [0.1, 0.15) is 11.2 Å². The van der Waals surface area contributed by atoms with Crippen molar-refractivity contribution in [3.05, 3.63) is 103 Å². The van der Waals surface area contributed by atoms with Crippen LogP contribution in [-0.2, 0) is 51.4 Å². The van der Waals surface area contributed by atoms with Gasteiger partial charge in [0.25, 0.3) is 0 Å². The first kappa shape index (κ1) is 30.8. The molecule has 0 saturated heterocycles. The van der Waals surface area contributed by atoms with Gasteiger partial charge in [0.2, 0.25) is 0 Å². The third-order valence-electron chi connectivity index (χ3n) is 15.5. The van der Waals surface area contributed by atoms with Gasteiger partial charge in [0.15, 0.2) is 0 Å². The van der Waals surface area contributed by atoms with Crippen molar-refractivity contribution in [2.75, 3.05) is 0 Å². The molecular weight excluding hydrogens is 725 g/mol. The second-order valence-electron chi connectivity index (χ2n) is 17.8. The summed E-state index contributed by atoms with van der Waals surface area (Å²) in [6.45, 7) is 0. The van der Waals surface area contributed by atoms with Gasteiger partial charge in [-0.05, 0) is 158 Å². The molecular formula is C52H30N6O. The molecule has 0 unspecified atom stereocenters. The zero-order valence-corrected chi connectivity index (χ0v) is 32.0. The molecule has 0 radical (unpaired) electrons. The number of aromatic nitrogens is 2. The van der Waals surface area contributed by atoms with E-state index in [-0.39, 0.29) is 0 Å². The van der Waals surface area contributed by atoms with Gasteiger partial charge in [-0.15, -0.1) is 0 Å². The molecule has 274 valence electrons. The number of hydrogen-bond acceptors (Lipinski definition) is 5. The van der Waals surface area contributed by atoms with Gasteiger partial charge in [0.05, 0.1) is 90.4 Å². The summed E-state index contributed by atoms with van der Waals surface area (Å²) in [6.07, 6.45) is 11.4. The highest BCUT2D eigenvalue weighted by molar-refractivity contribution is 6.38. The molecule has 59 heavy (non-hydrogen) atoms. The summed E-state index contributed by atoms with van der Waals surface area (Å²) in [6, 6.07) is 23.4. The summed E-state index contributed by atoms with van der Waals surface area (Å²) in [4.78, 5) is 0. The molecule has 7 nitrogen and oxygen atoms in total. The van der Waals surface area contributed by atoms with Crippen LogP contribution in [0.5, 0.6) is 0 Å². The van der Waals surface area contributed by atoms with E-state index in [2.05, 4.69) is 69.5 Å². The number of furan rings is 1. The molecule has 0 fully saturated rings. The number of benzene rings is 6. The minimum Gasteiger partial charge on any atom is -0.455 e. The van der Waals surface area contributed by atoms with E-state index in [0.29, 0.717) is 0 Å². The van der Waals surface area contributed by atoms with Crippen LogP contribution >= 0.6 is 0 Å². The summed E-state index contributed by atoms with van der Waals surface area (Å²) in [5.41, 5.74) is 20.9. The second kappa shape index (κ2) is 10.0. The fourth-order valence-corrected chi connectivity index (χ4v) is 13.4. The molecule has 4 aliphatic carbocycles.